The molecule has 1 heterocycles. The summed E-state index contributed by atoms with van der Waals surface area (Å²) < 4.78 is 0. The Balaban J connectivity index is 2.49. The van der Waals surface area contributed by atoms with Crippen LogP contribution in [0.1, 0.15) is 0 Å². The molecule has 0 bridgehead atoms. The molecule has 0 aromatic heterocycles. The molecule has 1 unspecified atom stereocenters. The summed E-state index contributed by atoms with van der Waals surface area (Å²) in [6, 6.07) is 8.69. The molecule has 1 heteroatoms. The Morgan fingerprint density at radius 2 is 2.17 bits per heavy atom. The zero-order valence-corrected chi connectivity index (χ0v) is 6.54. The molecule has 0 saturated heterocycles. The van der Waals surface area contributed by atoms with Gasteiger partial charge in [-0.05, 0) is 34.4 Å². The Morgan fingerprint density at radius 1 is 1.25 bits per heavy atom. The largest absolute Gasteiger partial charge is 0.380 e. The van der Waals surface area contributed by atoms with Crippen LogP contribution >= 0.6 is 0 Å². The van der Waals surface area contributed by atoms with Crippen LogP contribution in [-0.2, 0) is 0 Å². The van der Waals surface area contributed by atoms with Gasteiger partial charge in [0.05, 0.1) is 6.04 Å². The fourth-order valence-electron chi connectivity index (χ4n) is 1.80. The van der Waals surface area contributed by atoms with E-state index in [9.17, 15) is 0 Å². The summed E-state index contributed by atoms with van der Waals surface area (Å²) in [6.07, 6.45) is 7.50. The number of hydrogen-bond acceptors (Lipinski definition) is 1. The molecule has 0 saturated carbocycles. The molecule has 1 aromatic rings. The van der Waals surface area contributed by atoms with Crippen LogP contribution < -0.4 is 15.8 Å². The van der Waals surface area contributed by atoms with Crippen LogP contribution in [0, 0.1) is 0 Å². The number of nitrogens with one attached hydrogen (secondary N) is 1. The molecule has 1 aromatic carbocycles. The molecule has 1 nitrogen and oxygen atoms in total. The first-order valence-electron chi connectivity index (χ1n) is 4.10. The minimum Gasteiger partial charge on any atom is -0.380 e. The summed E-state index contributed by atoms with van der Waals surface area (Å²) in [6.45, 7) is 0. The lowest BCUT2D eigenvalue weighted by Crippen LogP contribution is -2.21. The zero-order chi connectivity index (χ0) is 7.97. The van der Waals surface area contributed by atoms with Crippen molar-refractivity contribution in [2.24, 2.45) is 0 Å². The van der Waals surface area contributed by atoms with Crippen molar-refractivity contribution in [2.45, 2.75) is 6.04 Å². The smallest absolute Gasteiger partial charge is 0.0778 e. The fraction of sp³-hybridized carbons (Fsp3) is 0.0909. The average molecular weight is 154 g/mol. The minimum atomic E-state index is 0.308. The number of fused-ring (bicyclic) bond motifs is 2. The van der Waals surface area contributed by atoms with Gasteiger partial charge in [-0.3, -0.25) is 0 Å². The lowest BCUT2D eigenvalue weighted by Gasteiger charge is -2.00. The van der Waals surface area contributed by atoms with Crippen molar-refractivity contribution in [3.8, 4) is 0 Å². The molecular formula is C11H8N. The van der Waals surface area contributed by atoms with Gasteiger partial charge in [-0.25, -0.2) is 0 Å². The first kappa shape index (κ1) is 6.06. The number of benzene rings is 1. The van der Waals surface area contributed by atoms with Gasteiger partial charge in [-0.2, -0.15) is 0 Å². The molecule has 0 spiro atoms. The van der Waals surface area contributed by atoms with Crippen LogP contribution in [-0.4, -0.2) is 6.04 Å². The molecule has 2 aliphatic rings. The van der Waals surface area contributed by atoms with Gasteiger partial charge in [0.2, 0.25) is 0 Å². The second kappa shape index (κ2) is 2.01. The normalized spacial score (nSPS) is 23.0. The third kappa shape index (κ3) is 0.632. The lowest BCUT2D eigenvalue weighted by atomic mass is 10.1. The minimum absolute atomic E-state index is 0.308. The van der Waals surface area contributed by atoms with Gasteiger partial charge in [0.25, 0.3) is 0 Å². The van der Waals surface area contributed by atoms with Crippen molar-refractivity contribution in [1.82, 2.24) is 5.32 Å². The fourth-order valence-corrected chi connectivity index (χ4v) is 1.80. The highest BCUT2D eigenvalue weighted by Crippen LogP contribution is 2.13. The Bertz CT molecular complexity index is 468. The van der Waals surface area contributed by atoms with Crippen molar-refractivity contribution < 1.29 is 0 Å². The van der Waals surface area contributed by atoms with Gasteiger partial charge < -0.3 is 5.32 Å². The molecule has 12 heavy (non-hydrogen) atoms. The maximum atomic E-state index is 3.39. The summed E-state index contributed by atoms with van der Waals surface area (Å²) in [5, 5.41) is 5.79. The van der Waals surface area contributed by atoms with E-state index in [4.69, 9.17) is 0 Å². The molecule has 57 valence electrons. The Kier molecular flexibility index (Phi) is 1.01. The zero-order valence-electron chi connectivity index (χ0n) is 6.54. The molecule has 1 aliphatic carbocycles. The van der Waals surface area contributed by atoms with E-state index in [1.165, 1.54) is 16.0 Å². The van der Waals surface area contributed by atoms with E-state index in [1.54, 1.807) is 0 Å². The van der Waals surface area contributed by atoms with Crippen LogP contribution in [0.15, 0.2) is 36.5 Å². The summed E-state index contributed by atoms with van der Waals surface area (Å²) in [5.74, 6) is 0. The SMILES string of the molecule is [C]1=c2ccccc2=C2C=CNC12. The van der Waals surface area contributed by atoms with E-state index in [1.807, 2.05) is 6.20 Å². The lowest BCUT2D eigenvalue weighted by molar-refractivity contribution is 0.933. The van der Waals surface area contributed by atoms with Crippen LogP contribution in [0.4, 0.5) is 0 Å². The van der Waals surface area contributed by atoms with Gasteiger partial charge in [0.1, 0.15) is 0 Å². The van der Waals surface area contributed by atoms with Crippen molar-refractivity contribution in [3.05, 3.63) is 47.0 Å². The topological polar surface area (TPSA) is 12.0 Å². The molecule has 1 aliphatic heterocycles. The van der Waals surface area contributed by atoms with Gasteiger partial charge in [0, 0.05) is 0 Å². The van der Waals surface area contributed by atoms with E-state index in [0.717, 1.165) is 0 Å². The van der Waals surface area contributed by atoms with E-state index >= 15 is 0 Å². The second-order valence-corrected chi connectivity index (χ2v) is 3.08. The van der Waals surface area contributed by atoms with E-state index in [0.29, 0.717) is 6.04 Å². The third-order valence-corrected chi connectivity index (χ3v) is 2.37. The molecule has 0 fully saturated rings. The van der Waals surface area contributed by atoms with E-state index < -0.39 is 0 Å². The number of hydrogen-bond donors (Lipinski definition) is 1. The Morgan fingerprint density at radius 3 is 3.17 bits per heavy atom. The van der Waals surface area contributed by atoms with Crippen LogP contribution in [0.25, 0.3) is 11.6 Å². The first-order chi connectivity index (χ1) is 5.95. The van der Waals surface area contributed by atoms with E-state index in [2.05, 4.69) is 41.7 Å². The standard InChI is InChI=1S/C11H8N/c1-2-4-9-8(3-1)7-11-10(9)5-6-12-11/h1-6,11-12H. The van der Waals surface area contributed by atoms with Gasteiger partial charge in [-0.1, -0.05) is 24.3 Å². The predicted molar refractivity (Wildman–Crippen MR) is 48.6 cm³/mol. The summed E-state index contributed by atoms with van der Waals surface area (Å²) >= 11 is 0. The highest BCUT2D eigenvalue weighted by Gasteiger charge is 2.17. The summed E-state index contributed by atoms with van der Waals surface area (Å²) in [5.41, 5.74) is 1.35. The van der Waals surface area contributed by atoms with Crippen LogP contribution in [0.3, 0.4) is 0 Å². The third-order valence-electron chi connectivity index (χ3n) is 2.37. The molecule has 1 radical (unpaired) electrons. The predicted octanol–water partition coefficient (Wildman–Crippen LogP) is -0.00610. The van der Waals surface area contributed by atoms with E-state index in [-0.39, 0.29) is 0 Å². The maximum Gasteiger partial charge on any atom is 0.0778 e. The van der Waals surface area contributed by atoms with Crippen molar-refractivity contribution in [3.63, 3.8) is 0 Å². The number of rotatable bonds is 0. The summed E-state index contributed by atoms with van der Waals surface area (Å²) in [7, 11) is 0. The Hall–Kier alpha value is -1.50. The maximum absolute atomic E-state index is 3.39. The average Bonchev–Trinajstić information content (AvgIpc) is 2.62. The van der Waals surface area contributed by atoms with Gasteiger partial charge in [-0.15, -0.1) is 0 Å². The van der Waals surface area contributed by atoms with Crippen molar-refractivity contribution >= 4 is 11.6 Å². The van der Waals surface area contributed by atoms with Crippen molar-refractivity contribution in [1.29, 1.82) is 0 Å². The van der Waals surface area contributed by atoms with Crippen LogP contribution in [0.5, 0.6) is 0 Å². The second-order valence-electron chi connectivity index (χ2n) is 3.08. The van der Waals surface area contributed by atoms with Gasteiger partial charge >= 0.3 is 0 Å². The Labute approximate surface area is 70.7 Å². The molecule has 0 amide bonds. The van der Waals surface area contributed by atoms with Crippen LogP contribution in [0.2, 0.25) is 0 Å². The molecule has 3 rings (SSSR count). The van der Waals surface area contributed by atoms with Gasteiger partial charge in [0.15, 0.2) is 0 Å². The van der Waals surface area contributed by atoms with Crippen molar-refractivity contribution in [2.75, 3.05) is 0 Å². The molecule has 1 N–H and O–H groups in total. The highest BCUT2D eigenvalue weighted by molar-refractivity contribution is 5.76. The first-order valence-corrected chi connectivity index (χ1v) is 4.10. The highest BCUT2D eigenvalue weighted by atomic mass is 14.9. The molecular weight excluding hydrogens is 146 g/mol. The summed E-state index contributed by atoms with van der Waals surface area (Å²) in [4.78, 5) is 0. The monoisotopic (exact) mass is 154 g/mol. The quantitative estimate of drug-likeness (QED) is 0.554. The molecule has 1 atom stereocenters.